The fraction of sp³-hybridized carbons (Fsp3) is 0.316. The average Bonchev–Trinajstić information content (AvgIpc) is 3.32. The molecule has 1 atom stereocenters. The Labute approximate surface area is 164 Å². The number of thiophene rings is 1. The van der Waals surface area contributed by atoms with Gasteiger partial charge in [-0.1, -0.05) is 22.0 Å². The molecule has 0 aliphatic carbocycles. The van der Waals surface area contributed by atoms with Crippen LogP contribution >= 0.6 is 27.3 Å². The van der Waals surface area contributed by atoms with Crippen molar-refractivity contribution in [1.29, 1.82) is 0 Å². The molecule has 0 radical (unpaired) electrons. The maximum atomic E-state index is 12.7. The summed E-state index contributed by atoms with van der Waals surface area (Å²) in [7, 11) is 0. The number of H-pyrrole nitrogens is 1. The van der Waals surface area contributed by atoms with E-state index in [1.165, 1.54) is 4.88 Å². The minimum Gasteiger partial charge on any atom is -0.379 e. The summed E-state index contributed by atoms with van der Waals surface area (Å²) in [6, 6.07) is 12.2. The summed E-state index contributed by atoms with van der Waals surface area (Å²) in [4.78, 5) is 19.5. The molecule has 4 rings (SSSR count). The number of fused-ring (bicyclic) bond motifs is 1. The van der Waals surface area contributed by atoms with Gasteiger partial charge in [-0.05, 0) is 35.7 Å². The number of carbonyl (C=O) groups is 1. The van der Waals surface area contributed by atoms with E-state index in [9.17, 15) is 4.79 Å². The van der Waals surface area contributed by atoms with Crippen molar-refractivity contribution in [2.45, 2.75) is 6.04 Å². The van der Waals surface area contributed by atoms with Gasteiger partial charge in [0.05, 0.1) is 19.3 Å². The molecule has 3 aromatic rings. The number of aromatic amines is 1. The second kappa shape index (κ2) is 7.92. The second-order valence-corrected chi connectivity index (χ2v) is 8.20. The normalized spacial score (nSPS) is 16.7. The van der Waals surface area contributed by atoms with Gasteiger partial charge in [0, 0.05) is 39.9 Å². The fourth-order valence-electron chi connectivity index (χ4n) is 3.29. The molecule has 1 aliphatic heterocycles. The molecule has 1 aliphatic rings. The van der Waals surface area contributed by atoms with Crippen LogP contribution in [0, 0.1) is 0 Å². The number of morpholine rings is 1. The van der Waals surface area contributed by atoms with Crippen LogP contribution in [0.5, 0.6) is 0 Å². The van der Waals surface area contributed by atoms with Gasteiger partial charge in [-0.25, -0.2) is 0 Å². The van der Waals surface area contributed by atoms with E-state index in [0.717, 1.165) is 41.7 Å². The van der Waals surface area contributed by atoms with Crippen molar-refractivity contribution in [2.75, 3.05) is 32.8 Å². The summed E-state index contributed by atoms with van der Waals surface area (Å²) in [5.74, 6) is -0.0767. The van der Waals surface area contributed by atoms with Gasteiger partial charge in [0.25, 0.3) is 5.91 Å². The van der Waals surface area contributed by atoms with Crippen LogP contribution in [0.2, 0.25) is 0 Å². The van der Waals surface area contributed by atoms with Crippen molar-refractivity contribution in [3.8, 4) is 0 Å². The number of carbonyl (C=O) groups excluding carboxylic acids is 1. The average molecular weight is 434 g/mol. The molecule has 0 saturated carbocycles. The van der Waals surface area contributed by atoms with Crippen LogP contribution in [0.1, 0.15) is 21.4 Å². The van der Waals surface area contributed by atoms with Crippen molar-refractivity contribution in [3.05, 3.63) is 56.8 Å². The standard InChI is InChI=1S/C19H20BrN3O2S/c20-14-3-4-15-13(10-14)11-16(22-15)19(24)21-12-17(18-2-1-9-26-18)23-5-7-25-8-6-23/h1-4,9-11,17,22H,5-8,12H2,(H,21,24)/t17-/m1/s1. The molecule has 1 fully saturated rings. The van der Waals surface area contributed by atoms with Gasteiger partial charge in [0.15, 0.2) is 0 Å². The maximum absolute atomic E-state index is 12.7. The van der Waals surface area contributed by atoms with Crippen LogP contribution in [0.15, 0.2) is 46.3 Å². The Morgan fingerprint density at radius 2 is 2.15 bits per heavy atom. The molecular formula is C19H20BrN3O2S. The van der Waals surface area contributed by atoms with Gasteiger partial charge in [0.2, 0.25) is 0 Å². The summed E-state index contributed by atoms with van der Waals surface area (Å²) in [5.41, 5.74) is 1.55. The molecule has 2 aromatic heterocycles. The van der Waals surface area contributed by atoms with Crippen LogP contribution in [0.25, 0.3) is 10.9 Å². The quantitative estimate of drug-likeness (QED) is 0.643. The summed E-state index contributed by atoms with van der Waals surface area (Å²) in [6.45, 7) is 3.84. The Morgan fingerprint density at radius 3 is 2.92 bits per heavy atom. The van der Waals surface area contributed by atoms with Crippen LogP contribution in [0.3, 0.4) is 0 Å². The minimum absolute atomic E-state index is 0.0767. The van der Waals surface area contributed by atoms with E-state index in [0.29, 0.717) is 12.2 Å². The molecule has 1 amide bonds. The lowest BCUT2D eigenvalue weighted by atomic mass is 10.2. The van der Waals surface area contributed by atoms with E-state index < -0.39 is 0 Å². The first-order valence-corrected chi connectivity index (χ1v) is 10.3. The first kappa shape index (κ1) is 17.7. The zero-order valence-electron chi connectivity index (χ0n) is 14.2. The highest BCUT2D eigenvalue weighted by molar-refractivity contribution is 9.10. The number of ether oxygens (including phenoxy) is 1. The molecule has 5 nitrogen and oxygen atoms in total. The third-order valence-corrected chi connectivity index (χ3v) is 6.11. The zero-order chi connectivity index (χ0) is 17.9. The number of aromatic nitrogens is 1. The smallest absolute Gasteiger partial charge is 0.267 e. The monoisotopic (exact) mass is 433 g/mol. The Morgan fingerprint density at radius 1 is 1.31 bits per heavy atom. The largest absolute Gasteiger partial charge is 0.379 e. The topological polar surface area (TPSA) is 57.4 Å². The van der Waals surface area contributed by atoms with Gasteiger partial charge in [0.1, 0.15) is 5.69 Å². The van der Waals surface area contributed by atoms with Crippen molar-refractivity contribution < 1.29 is 9.53 Å². The van der Waals surface area contributed by atoms with Crippen molar-refractivity contribution in [3.63, 3.8) is 0 Å². The van der Waals surface area contributed by atoms with Gasteiger partial charge in [-0.3, -0.25) is 9.69 Å². The summed E-state index contributed by atoms with van der Waals surface area (Å²) in [6.07, 6.45) is 0. The number of amides is 1. The van der Waals surface area contributed by atoms with E-state index in [1.807, 2.05) is 24.3 Å². The van der Waals surface area contributed by atoms with E-state index in [4.69, 9.17) is 4.74 Å². The minimum atomic E-state index is -0.0767. The summed E-state index contributed by atoms with van der Waals surface area (Å²) >= 11 is 5.20. The van der Waals surface area contributed by atoms with Crippen molar-refractivity contribution in [2.24, 2.45) is 0 Å². The highest BCUT2D eigenvalue weighted by atomic mass is 79.9. The number of rotatable bonds is 5. The Balaban J connectivity index is 1.48. The van der Waals surface area contributed by atoms with Gasteiger partial charge < -0.3 is 15.0 Å². The molecule has 1 saturated heterocycles. The second-order valence-electron chi connectivity index (χ2n) is 6.30. The number of benzene rings is 1. The summed E-state index contributed by atoms with van der Waals surface area (Å²) < 4.78 is 6.47. The highest BCUT2D eigenvalue weighted by Crippen LogP contribution is 2.26. The predicted molar refractivity (Wildman–Crippen MR) is 108 cm³/mol. The lowest BCUT2D eigenvalue weighted by molar-refractivity contribution is 0.0169. The summed E-state index contributed by atoms with van der Waals surface area (Å²) in [5, 5.41) is 6.21. The van der Waals surface area contributed by atoms with Crippen LogP contribution in [-0.2, 0) is 4.74 Å². The molecule has 2 N–H and O–H groups in total. The Bertz CT molecular complexity index is 887. The lowest BCUT2D eigenvalue weighted by Crippen LogP contribution is -2.43. The first-order chi connectivity index (χ1) is 12.7. The zero-order valence-corrected chi connectivity index (χ0v) is 16.6. The molecule has 1 aromatic carbocycles. The van der Waals surface area contributed by atoms with E-state index in [2.05, 4.69) is 48.6 Å². The molecular weight excluding hydrogens is 414 g/mol. The predicted octanol–water partition coefficient (Wildman–Crippen LogP) is 3.80. The number of halogens is 1. The van der Waals surface area contributed by atoms with E-state index in [-0.39, 0.29) is 11.9 Å². The molecule has 136 valence electrons. The Kier molecular flexibility index (Phi) is 5.40. The van der Waals surface area contributed by atoms with E-state index in [1.54, 1.807) is 11.3 Å². The fourth-order valence-corrected chi connectivity index (χ4v) is 4.53. The molecule has 0 spiro atoms. The third-order valence-electron chi connectivity index (χ3n) is 4.64. The third kappa shape index (κ3) is 3.86. The molecule has 7 heteroatoms. The number of hydrogen-bond donors (Lipinski definition) is 2. The highest BCUT2D eigenvalue weighted by Gasteiger charge is 2.24. The van der Waals surface area contributed by atoms with Crippen LogP contribution < -0.4 is 5.32 Å². The van der Waals surface area contributed by atoms with Gasteiger partial charge in [-0.2, -0.15) is 0 Å². The lowest BCUT2D eigenvalue weighted by Gasteiger charge is -2.34. The van der Waals surface area contributed by atoms with Crippen molar-refractivity contribution in [1.82, 2.24) is 15.2 Å². The SMILES string of the molecule is O=C(NC[C@H](c1cccs1)N1CCOCC1)c1cc2cc(Br)ccc2[nH]1. The van der Waals surface area contributed by atoms with Crippen LogP contribution in [-0.4, -0.2) is 48.6 Å². The maximum Gasteiger partial charge on any atom is 0.267 e. The van der Waals surface area contributed by atoms with E-state index >= 15 is 0 Å². The van der Waals surface area contributed by atoms with Crippen LogP contribution in [0.4, 0.5) is 0 Å². The molecule has 3 heterocycles. The molecule has 26 heavy (non-hydrogen) atoms. The number of nitrogens with zero attached hydrogens (tertiary/aromatic N) is 1. The van der Waals surface area contributed by atoms with Crippen molar-refractivity contribution >= 4 is 44.1 Å². The van der Waals surface area contributed by atoms with Gasteiger partial charge in [-0.15, -0.1) is 11.3 Å². The molecule has 0 bridgehead atoms. The molecule has 0 unspecified atom stereocenters. The first-order valence-electron chi connectivity index (χ1n) is 8.62. The Hall–Kier alpha value is -1.67. The number of nitrogens with one attached hydrogen (secondary N) is 2. The van der Waals surface area contributed by atoms with Gasteiger partial charge >= 0.3 is 0 Å². The number of hydrogen-bond acceptors (Lipinski definition) is 4.